The topological polar surface area (TPSA) is 85.3 Å². The first-order valence-electron chi connectivity index (χ1n) is 7.53. The van der Waals surface area contributed by atoms with Crippen molar-refractivity contribution in [1.82, 2.24) is 0 Å². The molecule has 0 bridgehead atoms. The summed E-state index contributed by atoms with van der Waals surface area (Å²) in [6.07, 6.45) is 0. The van der Waals surface area contributed by atoms with E-state index in [1.165, 1.54) is 14.2 Å². The molecule has 1 heterocycles. The van der Waals surface area contributed by atoms with Gasteiger partial charge in [-0.3, -0.25) is 0 Å². The Kier molecular flexibility index (Phi) is 4.58. The highest BCUT2D eigenvalue weighted by Gasteiger charge is 2.32. The van der Waals surface area contributed by atoms with E-state index >= 15 is 0 Å². The molecule has 0 unspecified atom stereocenters. The molecule has 2 aromatic rings. The number of carbonyl (C=O) groups excluding carboxylic acids is 2. The first-order chi connectivity index (χ1) is 12.1. The molecule has 0 fully saturated rings. The van der Waals surface area contributed by atoms with Crippen LogP contribution in [0.15, 0.2) is 47.7 Å². The second-order valence-electron chi connectivity index (χ2n) is 5.40. The lowest BCUT2D eigenvalue weighted by Gasteiger charge is -2.32. The zero-order chi connectivity index (χ0) is 18.0. The fourth-order valence-electron chi connectivity index (χ4n) is 2.82. The summed E-state index contributed by atoms with van der Waals surface area (Å²) < 4.78 is 15.1. The van der Waals surface area contributed by atoms with Crippen molar-refractivity contribution >= 4 is 28.4 Å². The maximum Gasteiger partial charge on any atom is 0.355 e. The molecule has 0 saturated heterocycles. The number of fused-ring (bicyclic) bond motifs is 1. The molecule has 1 N–H and O–H groups in total. The number of methoxy groups -OCH3 is 2. The van der Waals surface area contributed by atoms with Gasteiger partial charge < -0.3 is 24.2 Å². The Balaban J connectivity index is 2.21. The number of phenols is 1. The Morgan fingerprint density at radius 3 is 2.60 bits per heavy atom. The van der Waals surface area contributed by atoms with E-state index in [0.717, 1.165) is 10.8 Å². The number of hydrogen-bond acceptors (Lipinski definition) is 7. The third-order valence-electron chi connectivity index (χ3n) is 3.96. The Morgan fingerprint density at radius 1 is 1.12 bits per heavy atom. The Labute approximate surface area is 144 Å². The summed E-state index contributed by atoms with van der Waals surface area (Å²) in [5.41, 5.74) is 0.830. The zero-order valence-corrected chi connectivity index (χ0v) is 13.8. The van der Waals surface area contributed by atoms with Crippen molar-refractivity contribution in [2.24, 2.45) is 0 Å². The summed E-state index contributed by atoms with van der Waals surface area (Å²) in [4.78, 5) is 26.0. The number of esters is 2. The van der Waals surface area contributed by atoms with Crippen LogP contribution in [0.2, 0.25) is 0 Å². The molecular formula is C18H17NO6. The maximum absolute atomic E-state index is 12.3. The minimum atomic E-state index is -0.653. The number of rotatable bonds is 3. The summed E-state index contributed by atoms with van der Waals surface area (Å²) >= 11 is 0. The van der Waals surface area contributed by atoms with Crippen molar-refractivity contribution in [2.45, 2.75) is 0 Å². The van der Waals surface area contributed by atoms with Gasteiger partial charge in [0.15, 0.2) is 0 Å². The van der Waals surface area contributed by atoms with E-state index < -0.39 is 11.9 Å². The quantitative estimate of drug-likeness (QED) is 0.853. The van der Waals surface area contributed by atoms with Crippen LogP contribution in [0.25, 0.3) is 10.8 Å². The molecule has 0 aromatic heterocycles. The largest absolute Gasteiger partial charge is 0.508 e. The van der Waals surface area contributed by atoms with Crippen molar-refractivity contribution < 1.29 is 28.9 Å². The molecule has 0 amide bonds. The number of benzene rings is 2. The van der Waals surface area contributed by atoms with E-state index in [-0.39, 0.29) is 30.4 Å². The van der Waals surface area contributed by atoms with Gasteiger partial charge in [0.25, 0.3) is 0 Å². The SMILES string of the molecule is COC(=O)C1=C(C(=O)OC)N(c2cccc3cc(O)ccc23)COC1. The molecule has 130 valence electrons. The summed E-state index contributed by atoms with van der Waals surface area (Å²) in [5.74, 6) is -1.17. The van der Waals surface area contributed by atoms with Crippen molar-refractivity contribution in [3.8, 4) is 5.75 Å². The van der Waals surface area contributed by atoms with Gasteiger partial charge in [-0.2, -0.15) is 0 Å². The van der Waals surface area contributed by atoms with Gasteiger partial charge in [-0.05, 0) is 29.7 Å². The lowest BCUT2D eigenvalue weighted by atomic mass is 10.1. The van der Waals surface area contributed by atoms with Crippen LogP contribution in [0.5, 0.6) is 5.75 Å². The number of aromatic hydroxyl groups is 1. The average Bonchev–Trinajstić information content (AvgIpc) is 2.65. The highest BCUT2D eigenvalue weighted by Crippen LogP contribution is 2.34. The van der Waals surface area contributed by atoms with Crippen LogP contribution in [-0.4, -0.2) is 44.6 Å². The van der Waals surface area contributed by atoms with Gasteiger partial charge in [-0.15, -0.1) is 0 Å². The van der Waals surface area contributed by atoms with Crippen molar-refractivity contribution in [2.75, 3.05) is 32.5 Å². The third kappa shape index (κ3) is 3.01. The normalized spacial score (nSPS) is 14.6. The second kappa shape index (κ2) is 6.82. The highest BCUT2D eigenvalue weighted by atomic mass is 16.5. The molecule has 3 rings (SSSR count). The second-order valence-corrected chi connectivity index (χ2v) is 5.40. The monoisotopic (exact) mass is 343 g/mol. The molecule has 2 aromatic carbocycles. The number of phenolic OH excluding ortho intramolecular Hbond substituents is 1. The average molecular weight is 343 g/mol. The van der Waals surface area contributed by atoms with Gasteiger partial charge in [0.1, 0.15) is 18.2 Å². The van der Waals surface area contributed by atoms with Gasteiger partial charge in [0.05, 0.1) is 32.1 Å². The standard InChI is InChI=1S/C18H17NO6/c1-23-17(21)14-9-25-10-19(16(14)18(22)24-2)15-5-3-4-11-8-12(20)6-7-13(11)15/h3-8,20H,9-10H2,1-2H3. The lowest BCUT2D eigenvalue weighted by molar-refractivity contribution is -0.140. The lowest BCUT2D eigenvalue weighted by Crippen LogP contribution is -2.38. The first kappa shape index (κ1) is 16.8. The minimum absolute atomic E-state index is 0.0425. The van der Waals surface area contributed by atoms with E-state index in [2.05, 4.69) is 0 Å². The predicted octanol–water partition coefficient (Wildman–Crippen LogP) is 1.94. The minimum Gasteiger partial charge on any atom is -0.508 e. The van der Waals surface area contributed by atoms with Crippen LogP contribution in [0.1, 0.15) is 0 Å². The summed E-state index contributed by atoms with van der Waals surface area (Å²) in [7, 11) is 2.49. The molecule has 0 atom stereocenters. The van der Waals surface area contributed by atoms with Gasteiger partial charge >= 0.3 is 11.9 Å². The summed E-state index contributed by atoms with van der Waals surface area (Å²) in [6, 6.07) is 10.3. The Morgan fingerprint density at radius 2 is 1.88 bits per heavy atom. The van der Waals surface area contributed by atoms with Gasteiger partial charge in [-0.1, -0.05) is 12.1 Å². The zero-order valence-electron chi connectivity index (χ0n) is 13.8. The summed E-state index contributed by atoms with van der Waals surface area (Å²) in [6.45, 7) is 0.0318. The molecule has 0 spiro atoms. The fraction of sp³-hybridized carbons (Fsp3) is 0.222. The van der Waals surface area contributed by atoms with E-state index in [1.54, 1.807) is 35.2 Å². The molecule has 0 radical (unpaired) electrons. The predicted molar refractivity (Wildman–Crippen MR) is 90.0 cm³/mol. The number of ether oxygens (including phenoxy) is 3. The Hall–Kier alpha value is -3.06. The van der Waals surface area contributed by atoms with E-state index in [4.69, 9.17) is 14.2 Å². The smallest absolute Gasteiger partial charge is 0.355 e. The molecule has 1 aliphatic heterocycles. The number of anilines is 1. The molecule has 0 aliphatic carbocycles. The van der Waals surface area contributed by atoms with E-state index in [1.807, 2.05) is 6.07 Å². The van der Waals surface area contributed by atoms with Crippen LogP contribution >= 0.6 is 0 Å². The molecule has 25 heavy (non-hydrogen) atoms. The number of carbonyl (C=O) groups is 2. The fourth-order valence-corrected chi connectivity index (χ4v) is 2.82. The molecular weight excluding hydrogens is 326 g/mol. The van der Waals surface area contributed by atoms with Crippen molar-refractivity contribution in [1.29, 1.82) is 0 Å². The van der Waals surface area contributed by atoms with Crippen molar-refractivity contribution in [3.63, 3.8) is 0 Å². The maximum atomic E-state index is 12.3. The molecule has 7 heteroatoms. The van der Waals surface area contributed by atoms with Crippen LogP contribution < -0.4 is 4.90 Å². The molecule has 1 aliphatic rings. The van der Waals surface area contributed by atoms with Crippen LogP contribution in [0.3, 0.4) is 0 Å². The van der Waals surface area contributed by atoms with Gasteiger partial charge in [-0.25, -0.2) is 9.59 Å². The van der Waals surface area contributed by atoms with Gasteiger partial charge in [0, 0.05) is 5.39 Å². The first-order valence-corrected chi connectivity index (χ1v) is 7.53. The molecule has 7 nitrogen and oxygen atoms in total. The Bertz CT molecular complexity index is 873. The number of hydrogen-bond donors (Lipinski definition) is 1. The highest BCUT2D eigenvalue weighted by molar-refractivity contribution is 6.06. The van der Waals surface area contributed by atoms with Gasteiger partial charge in [0.2, 0.25) is 0 Å². The van der Waals surface area contributed by atoms with E-state index in [0.29, 0.717) is 5.69 Å². The van der Waals surface area contributed by atoms with Crippen molar-refractivity contribution in [3.05, 3.63) is 47.7 Å². The number of nitrogens with zero attached hydrogens (tertiary/aromatic N) is 1. The third-order valence-corrected chi connectivity index (χ3v) is 3.96. The summed E-state index contributed by atoms with van der Waals surface area (Å²) in [5, 5.41) is 11.2. The van der Waals surface area contributed by atoms with Crippen LogP contribution in [0.4, 0.5) is 5.69 Å². The molecule has 0 saturated carbocycles. The van der Waals surface area contributed by atoms with Crippen LogP contribution in [0, 0.1) is 0 Å². The van der Waals surface area contributed by atoms with Crippen LogP contribution in [-0.2, 0) is 23.8 Å². The van der Waals surface area contributed by atoms with E-state index in [9.17, 15) is 14.7 Å².